The molecular formula is C18H18N8O. The van der Waals surface area contributed by atoms with Gasteiger partial charge in [0.15, 0.2) is 11.5 Å². The molecule has 9 heteroatoms. The Morgan fingerprint density at radius 3 is 2.89 bits per heavy atom. The maximum atomic E-state index is 8.77. The Morgan fingerprint density at radius 2 is 2.15 bits per heavy atom. The van der Waals surface area contributed by atoms with Crippen LogP contribution in [0.3, 0.4) is 0 Å². The Kier molecular flexibility index (Phi) is 4.63. The number of ether oxygens (including phenoxy) is 1. The van der Waals surface area contributed by atoms with Gasteiger partial charge in [0.1, 0.15) is 29.4 Å². The van der Waals surface area contributed by atoms with E-state index in [1.54, 1.807) is 6.20 Å². The minimum Gasteiger partial charge on any atom is -0.488 e. The Bertz CT molecular complexity index is 962. The smallest absolute Gasteiger partial charge is 0.158 e. The summed E-state index contributed by atoms with van der Waals surface area (Å²) in [4.78, 5) is 12.5. The summed E-state index contributed by atoms with van der Waals surface area (Å²) in [5.41, 5.74) is 7.63. The Balaban J connectivity index is 1.52. The van der Waals surface area contributed by atoms with Crippen LogP contribution < -0.4 is 15.8 Å². The SMILES string of the molecule is N#Cc1cnc(Nc2cc(-c3ncccc3O[C@@H]3CC[C@H](N)C3)[nH]n2)cn1. The van der Waals surface area contributed by atoms with Crippen LogP contribution in [-0.4, -0.2) is 37.3 Å². The minimum atomic E-state index is 0.109. The van der Waals surface area contributed by atoms with Crippen LogP contribution in [0.5, 0.6) is 5.75 Å². The van der Waals surface area contributed by atoms with Gasteiger partial charge in [-0.05, 0) is 31.4 Å². The molecule has 3 heterocycles. The van der Waals surface area contributed by atoms with Crippen LogP contribution in [0, 0.1) is 11.3 Å². The number of pyridine rings is 1. The third-order valence-corrected chi connectivity index (χ3v) is 4.34. The van der Waals surface area contributed by atoms with E-state index in [2.05, 4.69) is 30.5 Å². The highest BCUT2D eigenvalue weighted by molar-refractivity contribution is 5.66. The third kappa shape index (κ3) is 3.86. The molecule has 3 aromatic heterocycles. The fourth-order valence-corrected chi connectivity index (χ4v) is 3.04. The second-order valence-corrected chi connectivity index (χ2v) is 6.35. The number of nitrogens with one attached hydrogen (secondary N) is 2. The van der Waals surface area contributed by atoms with Gasteiger partial charge in [0.25, 0.3) is 0 Å². The van der Waals surface area contributed by atoms with Crippen molar-refractivity contribution in [2.45, 2.75) is 31.4 Å². The summed E-state index contributed by atoms with van der Waals surface area (Å²) < 4.78 is 6.12. The molecule has 0 spiro atoms. The molecule has 3 aromatic rings. The topological polar surface area (TPSA) is 138 Å². The summed E-state index contributed by atoms with van der Waals surface area (Å²) in [6.45, 7) is 0. The van der Waals surface area contributed by atoms with Gasteiger partial charge in [-0.25, -0.2) is 9.97 Å². The molecule has 4 rings (SSSR count). The number of nitrogens with two attached hydrogens (primary N) is 1. The standard InChI is InChI=1S/C18H18N8O/c19-8-12-9-23-17(10-22-12)24-16-7-14(25-26-16)18-15(2-1-5-21-18)27-13-4-3-11(20)6-13/h1-2,5,7,9-11,13H,3-4,6,20H2,(H2,23,24,25,26)/t11-,13+/m0/s1. The predicted octanol–water partition coefficient (Wildman–Crippen LogP) is 2.14. The van der Waals surface area contributed by atoms with Gasteiger partial charge in [0.05, 0.1) is 18.1 Å². The van der Waals surface area contributed by atoms with Crippen LogP contribution in [-0.2, 0) is 0 Å². The van der Waals surface area contributed by atoms with E-state index in [4.69, 9.17) is 15.7 Å². The first-order chi connectivity index (χ1) is 13.2. The number of anilines is 2. The Morgan fingerprint density at radius 1 is 1.22 bits per heavy atom. The zero-order valence-electron chi connectivity index (χ0n) is 14.5. The Labute approximate surface area is 155 Å². The number of hydrogen-bond donors (Lipinski definition) is 3. The van der Waals surface area contributed by atoms with Gasteiger partial charge in [-0.1, -0.05) is 0 Å². The van der Waals surface area contributed by atoms with Crippen molar-refractivity contribution in [1.29, 1.82) is 5.26 Å². The van der Waals surface area contributed by atoms with E-state index in [1.165, 1.54) is 12.4 Å². The molecule has 9 nitrogen and oxygen atoms in total. The summed E-state index contributed by atoms with van der Waals surface area (Å²) in [5, 5.41) is 19.0. The highest BCUT2D eigenvalue weighted by Gasteiger charge is 2.24. The van der Waals surface area contributed by atoms with Crippen LogP contribution in [0.15, 0.2) is 36.8 Å². The van der Waals surface area contributed by atoms with Crippen molar-refractivity contribution in [1.82, 2.24) is 25.1 Å². The van der Waals surface area contributed by atoms with Gasteiger partial charge >= 0.3 is 0 Å². The zero-order valence-corrected chi connectivity index (χ0v) is 14.5. The number of nitriles is 1. The van der Waals surface area contributed by atoms with Gasteiger partial charge in [-0.2, -0.15) is 10.4 Å². The normalized spacial score (nSPS) is 18.8. The first-order valence-electron chi connectivity index (χ1n) is 8.63. The van der Waals surface area contributed by atoms with Crippen molar-refractivity contribution in [2.24, 2.45) is 5.73 Å². The first-order valence-corrected chi connectivity index (χ1v) is 8.63. The third-order valence-electron chi connectivity index (χ3n) is 4.34. The number of aromatic nitrogens is 5. The van der Waals surface area contributed by atoms with Crippen LogP contribution in [0.25, 0.3) is 11.4 Å². The summed E-state index contributed by atoms with van der Waals surface area (Å²) >= 11 is 0. The zero-order chi connectivity index (χ0) is 18.6. The van der Waals surface area contributed by atoms with E-state index < -0.39 is 0 Å². The predicted molar refractivity (Wildman–Crippen MR) is 98.1 cm³/mol. The molecule has 0 aromatic carbocycles. The molecule has 0 saturated heterocycles. The lowest BCUT2D eigenvalue weighted by Crippen LogP contribution is -2.19. The molecule has 2 atom stereocenters. The molecule has 0 aliphatic heterocycles. The van der Waals surface area contributed by atoms with Crippen molar-refractivity contribution in [3.63, 3.8) is 0 Å². The molecule has 1 aliphatic rings. The van der Waals surface area contributed by atoms with Crippen LogP contribution >= 0.6 is 0 Å². The molecule has 0 unspecified atom stereocenters. The maximum absolute atomic E-state index is 8.77. The van der Waals surface area contributed by atoms with Crippen LogP contribution in [0.1, 0.15) is 25.0 Å². The highest BCUT2D eigenvalue weighted by Crippen LogP contribution is 2.31. The minimum absolute atomic E-state index is 0.109. The van der Waals surface area contributed by atoms with Crippen molar-refractivity contribution < 1.29 is 4.74 Å². The average molecular weight is 362 g/mol. The van der Waals surface area contributed by atoms with E-state index >= 15 is 0 Å². The van der Waals surface area contributed by atoms with Gasteiger partial charge < -0.3 is 15.8 Å². The lowest BCUT2D eigenvalue weighted by molar-refractivity contribution is 0.208. The fourth-order valence-electron chi connectivity index (χ4n) is 3.04. The average Bonchev–Trinajstić information content (AvgIpc) is 3.32. The molecular weight excluding hydrogens is 344 g/mol. The Hall–Kier alpha value is -3.51. The lowest BCUT2D eigenvalue weighted by Gasteiger charge is -2.15. The number of nitrogens with zero attached hydrogens (tertiary/aromatic N) is 5. The van der Waals surface area contributed by atoms with Gasteiger partial charge in [0, 0.05) is 18.3 Å². The molecule has 4 N–H and O–H groups in total. The van der Waals surface area contributed by atoms with Crippen LogP contribution in [0.4, 0.5) is 11.6 Å². The van der Waals surface area contributed by atoms with Crippen LogP contribution in [0.2, 0.25) is 0 Å². The van der Waals surface area contributed by atoms with Crippen molar-refractivity contribution in [3.8, 4) is 23.2 Å². The summed E-state index contributed by atoms with van der Waals surface area (Å²) in [6.07, 6.45) is 7.47. The largest absolute Gasteiger partial charge is 0.488 e. The van der Waals surface area contributed by atoms with Crippen molar-refractivity contribution in [3.05, 3.63) is 42.5 Å². The quantitative estimate of drug-likeness (QED) is 0.627. The molecule has 1 saturated carbocycles. The molecule has 0 amide bonds. The second kappa shape index (κ2) is 7.39. The van der Waals surface area contributed by atoms with E-state index in [0.29, 0.717) is 23.1 Å². The highest BCUT2D eigenvalue weighted by atomic mass is 16.5. The summed E-state index contributed by atoms with van der Waals surface area (Å²) in [7, 11) is 0. The number of hydrogen-bond acceptors (Lipinski definition) is 8. The maximum Gasteiger partial charge on any atom is 0.158 e. The van der Waals surface area contributed by atoms with Gasteiger partial charge in [-0.15, -0.1) is 0 Å². The molecule has 136 valence electrons. The summed E-state index contributed by atoms with van der Waals surface area (Å²) in [6, 6.07) is 7.68. The summed E-state index contributed by atoms with van der Waals surface area (Å²) in [5.74, 6) is 1.75. The van der Waals surface area contributed by atoms with Gasteiger partial charge in [0.2, 0.25) is 0 Å². The lowest BCUT2D eigenvalue weighted by atomic mass is 10.2. The fraction of sp³-hybridized carbons (Fsp3) is 0.278. The molecule has 1 aliphatic carbocycles. The second-order valence-electron chi connectivity index (χ2n) is 6.35. The molecule has 1 fully saturated rings. The monoisotopic (exact) mass is 362 g/mol. The number of aromatic amines is 1. The molecule has 0 radical (unpaired) electrons. The molecule has 0 bridgehead atoms. The van der Waals surface area contributed by atoms with E-state index in [-0.39, 0.29) is 17.8 Å². The number of rotatable bonds is 5. The van der Waals surface area contributed by atoms with E-state index in [9.17, 15) is 0 Å². The van der Waals surface area contributed by atoms with E-state index in [1.807, 2.05) is 24.3 Å². The van der Waals surface area contributed by atoms with Crippen molar-refractivity contribution in [2.75, 3.05) is 5.32 Å². The molecule has 27 heavy (non-hydrogen) atoms. The number of H-pyrrole nitrogens is 1. The van der Waals surface area contributed by atoms with Crippen molar-refractivity contribution >= 4 is 11.6 Å². The van der Waals surface area contributed by atoms with Gasteiger partial charge in [-0.3, -0.25) is 10.1 Å². The van der Waals surface area contributed by atoms with E-state index in [0.717, 1.165) is 25.0 Å². The first kappa shape index (κ1) is 16.9.